The molecular weight excluding hydrogens is 416 g/mol. The summed E-state index contributed by atoms with van der Waals surface area (Å²) in [5.41, 5.74) is 2.40. The van der Waals surface area contributed by atoms with Gasteiger partial charge in [0.25, 0.3) is 11.8 Å². The standard InChI is InChI=1S/C14H9Cl4N3O4/c15-6-4-7(16)13(19-12(6)18)25-5-9(22)20-21-11(10(17)14(21)23)8-2-1-3-24-8/h1-4,10-11H,5H2,(H,20,22). The van der Waals surface area contributed by atoms with Crippen LogP contribution in [-0.2, 0) is 9.59 Å². The number of nitrogens with zero attached hydrogens (tertiary/aromatic N) is 2. The van der Waals surface area contributed by atoms with Crippen molar-refractivity contribution in [3.8, 4) is 5.88 Å². The lowest BCUT2D eigenvalue weighted by molar-refractivity contribution is -0.158. The number of halogens is 4. The molecule has 0 aliphatic carbocycles. The SMILES string of the molecule is O=C(COc1nc(Cl)c(Cl)cc1Cl)NN1C(=O)C(Cl)C1c1ccco1. The Morgan fingerprint density at radius 3 is 2.80 bits per heavy atom. The number of aromatic nitrogens is 1. The highest BCUT2D eigenvalue weighted by Crippen LogP contribution is 2.37. The molecule has 0 aromatic carbocycles. The maximum Gasteiger partial charge on any atom is 0.276 e. The lowest BCUT2D eigenvalue weighted by Crippen LogP contribution is -2.63. The first-order valence-corrected chi connectivity index (χ1v) is 8.40. The molecule has 132 valence electrons. The van der Waals surface area contributed by atoms with Gasteiger partial charge in [-0.3, -0.25) is 15.0 Å². The number of hydrazine groups is 1. The van der Waals surface area contributed by atoms with Crippen molar-refractivity contribution in [2.24, 2.45) is 0 Å². The average molecular weight is 425 g/mol. The van der Waals surface area contributed by atoms with Gasteiger partial charge in [-0.2, -0.15) is 4.98 Å². The second-order valence-corrected chi connectivity index (χ2v) is 6.58. The first kappa shape index (κ1) is 18.1. The molecule has 3 heterocycles. The lowest BCUT2D eigenvalue weighted by atomic mass is 10.0. The van der Waals surface area contributed by atoms with E-state index < -0.39 is 29.8 Å². The molecular formula is C14H9Cl4N3O4. The Labute approximate surface area is 161 Å². The fraction of sp³-hybridized carbons (Fsp3) is 0.214. The molecule has 2 amide bonds. The molecule has 1 saturated heterocycles. The highest BCUT2D eigenvalue weighted by atomic mass is 35.5. The highest BCUT2D eigenvalue weighted by Gasteiger charge is 2.50. The van der Waals surface area contributed by atoms with Crippen molar-refractivity contribution in [3.05, 3.63) is 45.4 Å². The minimum Gasteiger partial charge on any atom is -0.467 e. The molecule has 1 N–H and O–H groups in total. The number of ether oxygens (including phenoxy) is 1. The van der Waals surface area contributed by atoms with Gasteiger partial charge in [0.05, 0.1) is 11.3 Å². The molecule has 2 atom stereocenters. The third-order valence-electron chi connectivity index (χ3n) is 3.30. The number of amides is 2. The molecule has 11 heteroatoms. The largest absolute Gasteiger partial charge is 0.467 e. The van der Waals surface area contributed by atoms with Crippen LogP contribution in [-0.4, -0.2) is 33.8 Å². The van der Waals surface area contributed by atoms with Gasteiger partial charge in [0.1, 0.15) is 22.2 Å². The minimum atomic E-state index is -0.821. The molecule has 1 aliphatic heterocycles. The fourth-order valence-corrected chi connectivity index (χ4v) is 3.03. The summed E-state index contributed by atoms with van der Waals surface area (Å²) >= 11 is 23.4. The topological polar surface area (TPSA) is 84.7 Å². The monoisotopic (exact) mass is 423 g/mol. The van der Waals surface area contributed by atoms with E-state index >= 15 is 0 Å². The summed E-state index contributed by atoms with van der Waals surface area (Å²) < 4.78 is 10.4. The van der Waals surface area contributed by atoms with Crippen LogP contribution in [0.25, 0.3) is 0 Å². The Morgan fingerprint density at radius 2 is 2.12 bits per heavy atom. The van der Waals surface area contributed by atoms with E-state index in [4.69, 9.17) is 55.6 Å². The second-order valence-electron chi connectivity index (χ2n) is 4.94. The Kier molecular flexibility index (Phi) is 5.29. The molecule has 2 unspecified atom stereocenters. The van der Waals surface area contributed by atoms with Gasteiger partial charge >= 0.3 is 0 Å². The smallest absolute Gasteiger partial charge is 0.276 e. The first-order valence-electron chi connectivity index (χ1n) is 6.83. The number of furan rings is 1. The van der Waals surface area contributed by atoms with E-state index in [0.717, 1.165) is 5.01 Å². The van der Waals surface area contributed by atoms with E-state index in [1.54, 1.807) is 12.1 Å². The number of nitrogens with one attached hydrogen (secondary N) is 1. The van der Waals surface area contributed by atoms with Crippen molar-refractivity contribution in [2.45, 2.75) is 11.4 Å². The molecule has 3 rings (SSSR count). The van der Waals surface area contributed by atoms with Gasteiger partial charge in [-0.1, -0.05) is 34.8 Å². The second kappa shape index (κ2) is 7.29. The van der Waals surface area contributed by atoms with Gasteiger partial charge in [-0.15, -0.1) is 11.6 Å². The van der Waals surface area contributed by atoms with E-state index in [1.807, 2.05) is 0 Å². The summed E-state index contributed by atoms with van der Waals surface area (Å²) in [7, 11) is 0. The summed E-state index contributed by atoms with van der Waals surface area (Å²) in [6.45, 7) is -0.452. The predicted molar refractivity (Wildman–Crippen MR) is 90.8 cm³/mol. The zero-order valence-corrected chi connectivity index (χ0v) is 15.2. The van der Waals surface area contributed by atoms with Crippen LogP contribution in [0.3, 0.4) is 0 Å². The van der Waals surface area contributed by atoms with Gasteiger partial charge < -0.3 is 9.15 Å². The maximum absolute atomic E-state index is 12.0. The van der Waals surface area contributed by atoms with Crippen LogP contribution in [0.2, 0.25) is 15.2 Å². The van der Waals surface area contributed by atoms with Crippen molar-refractivity contribution in [3.63, 3.8) is 0 Å². The fourth-order valence-electron chi connectivity index (χ4n) is 2.14. The van der Waals surface area contributed by atoms with E-state index in [-0.39, 0.29) is 21.1 Å². The number of β-lactam (4-membered cyclic amide) rings is 1. The van der Waals surface area contributed by atoms with Gasteiger partial charge in [0, 0.05) is 0 Å². The third kappa shape index (κ3) is 3.64. The normalized spacial score (nSPS) is 19.5. The number of hydrogen-bond donors (Lipinski definition) is 1. The van der Waals surface area contributed by atoms with Crippen LogP contribution >= 0.6 is 46.4 Å². The van der Waals surface area contributed by atoms with Gasteiger partial charge in [-0.05, 0) is 18.2 Å². The molecule has 1 aliphatic rings. The molecule has 0 spiro atoms. The molecule has 7 nitrogen and oxygen atoms in total. The van der Waals surface area contributed by atoms with Crippen LogP contribution < -0.4 is 10.2 Å². The number of carbonyl (C=O) groups excluding carboxylic acids is 2. The Hall–Kier alpha value is -1.67. The van der Waals surface area contributed by atoms with Gasteiger partial charge in [0.2, 0.25) is 5.88 Å². The van der Waals surface area contributed by atoms with Crippen molar-refractivity contribution >= 4 is 58.2 Å². The third-order valence-corrected chi connectivity index (χ3v) is 4.67. The molecule has 2 aromatic rings. The van der Waals surface area contributed by atoms with Crippen molar-refractivity contribution in [1.29, 1.82) is 0 Å². The van der Waals surface area contributed by atoms with Crippen molar-refractivity contribution in [2.75, 3.05) is 6.61 Å². The van der Waals surface area contributed by atoms with Gasteiger partial charge in [-0.25, -0.2) is 5.01 Å². The van der Waals surface area contributed by atoms with E-state index in [0.29, 0.717) is 5.76 Å². The molecule has 2 aromatic heterocycles. The summed E-state index contributed by atoms with van der Waals surface area (Å²) in [6, 6.07) is 4.06. The first-order chi connectivity index (χ1) is 11.9. The lowest BCUT2D eigenvalue weighted by Gasteiger charge is -2.42. The molecule has 0 saturated carbocycles. The minimum absolute atomic E-state index is 0.0118. The van der Waals surface area contributed by atoms with Crippen molar-refractivity contribution < 1.29 is 18.7 Å². The summed E-state index contributed by atoms with van der Waals surface area (Å²) in [6.07, 6.45) is 1.45. The molecule has 0 bridgehead atoms. The number of carbonyl (C=O) groups is 2. The highest BCUT2D eigenvalue weighted by molar-refractivity contribution is 6.42. The molecule has 25 heavy (non-hydrogen) atoms. The molecule has 0 radical (unpaired) electrons. The summed E-state index contributed by atoms with van der Waals surface area (Å²) in [5.74, 6) is -0.673. The Bertz CT molecular complexity index is 815. The summed E-state index contributed by atoms with van der Waals surface area (Å²) in [5, 5.41) is 0.493. The van der Waals surface area contributed by atoms with Crippen LogP contribution in [0.15, 0.2) is 28.9 Å². The van der Waals surface area contributed by atoms with E-state index in [2.05, 4.69) is 10.4 Å². The number of alkyl halides is 1. The molecule has 1 fully saturated rings. The predicted octanol–water partition coefficient (Wildman–Crippen LogP) is 3.24. The Balaban J connectivity index is 1.61. The van der Waals surface area contributed by atoms with Crippen LogP contribution in [0, 0.1) is 0 Å². The average Bonchev–Trinajstić information content (AvgIpc) is 3.09. The maximum atomic E-state index is 12.0. The van der Waals surface area contributed by atoms with Crippen molar-refractivity contribution in [1.82, 2.24) is 15.4 Å². The summed E-state index contributed by atoms with van der Waals surface area (Å²) in [4.78, 5) is 27.7. The Morgan fingerprint density at radius 1 is 1.36 bits per heavy atom. The number of hydrogen-bond acceptors (Lipinski definition) is 5. The van der Waals surface area contributed by atoms with Crippen LogP contribution in [0.1, 0.15) is 11.8 Å². The number of rotatable bonds is 5. The van der Waals surface area contributed by atoms with E-state index in [9.17, 15) is 9.59 Å². The van der Waals surface area contributed by atoms with E-state index in [1.165, 1.54) is 12.3 Å². The zero-order chi connectivity index (χ0) is 18.1. The van der Waals surface area contributed by atoms with Gasteiger partial charge in [0.15, 0.2) is 11.8 Å². The number of pyridine rings is 1. The van der Waals surface area contributed by atoms with Crippen LogP contribution in [0.5, 0.6) is 5.88 Å². The zero-order valence-electron chi connectivity index (χ0n) is 12.2. The quantitative estimate of drug-likeness (QED) is 0.452. The van der Waals surface area contributed by atoms with Crippen LogP contribution in [0.4, 0.5) is 0 Å².